The topological polar surface area (TPSA) is 63.4 Å². The van der Waals surface area contributed by atoms with Crippen LogP contribution in [-0.2, 0) is 6.61 Å². The van der Waals surface area contributed by atoms with Crippen molar-refractivity contribution >= 4 is 5.69 Å². The molecular weight excluding hydrogens is 184 g/mol. The molecule has 0 spiro atoms. The molecule has 0 unspecified atom stereocenters. The summed E-state index contributed by atoms with van der Waals surface area (Å²) >= 11 is 0. The predicted molar refractivity (Wildman–Crippen MR) is 38.9 cm³/mol. The van der Waals surface area contributed by atoms with E-state index in [1.165, 1.54) is 0 Å². The summed E-state index contributed by atoms with van der Waals surface area (Å²) in [6.07, 6.45) is 0. The minimum Gasteiger partial charge on any atom is -0.391 e. The van der Waals surface area contributed by atoms with Gasteiger partial charge in [0.15, 0.2) is 0 Å². The highest BCUT2D eigenvalue weighted by Crippen LogP contribution is 2.22. The Hall–Kier alpha value is -1.56. The molecular formula is C7H5F2NO3. The molecule has 1 aromatic rings. The summed E-state index contributed by atoms with van der Waals surface area (Å²) in [7, 11) is 0. The summed E-state index contributed by atoms with van der Waals surface area (Å²) in [6.45, 7) is -0.831. The van der Waals surface area contributed by atoms with Gasteiger partial charge in [0.1, 0.15) is 11.6 Å². The van der Waals surface area contributed by atoms with E-state index in [-0.39, 0.29) is 0 Å². The third kappa shape index (κ3) is 1.78. The Labute approximate surface area is 71.6 Å². The van der Waals surface area contributed by atoms with Crippen molar-refractivity contribution in [2.75, 3.05) is 0 Å². The smallest absolute Gasteiger partial charge is 0.280 e. The van der Waals surface area contributed by atoms with Crippen LogP contribution in [0.5, 0.6) is 0 Å². The first kappa shape index (κ1) is 9.53. The molecule has 1 N–H and O–H groups in total. The number of aliphatic hydroxyl groups is 1. The van der Waals surface area contributed by atoms with E-state index in [1.807, 2.05) is 0 Å². The normalized spacial score (nSPS) is 10.1. The monoisotopic (exact) mass is 189 g/mol. The first-order valence-electron chi connectivity index (χ1n) is 3.29. The first-order chi connectivity index (χ1) is 6.06. The van der Waals surface area contributed by atoms with Gasteiger partial charge in [-0.3, -0.25) is 10.1 Å². The molecule has 1 rings (SSSR count). The fourth-order valence-electron chi connectivity index (χ4n) is 0.909. The standard InChI is InChI=1S/C7H5F2NO3/c8-4-1-6(9)5(3-11)7(2-4)10(12)13/h1-2,11H,3H2. The van der Waals surface area contributed by atoms with Gasteiger partial charge >= 0.3 is 0 Å². The van der Waals surface area contributed by atoms with Crippen molar-refractivity contribution in [3.63, 3.8) is 0 Å². The van der Waals surface area contributed by atoms with Crippen LogP contribution in [0, 0.1) is 21.7 Å². The van der Waals surface area contributed by atoms with Gasteiger partial charge in [0.2, 0.25) is 0 Å². The number of hydrogen-bond donors (Lipinski definition) is 1. The number of hydrogen-bond acceptors (Lipinski definition) is 3. The van der Waals surface area contributed by atoms with Crippen LogP contribution in [0.25, 0.3) is 0 Å². The second kappa shape index (κ2) is 3.44. The summed E-state index contributed by atoms with van der Waals surface area (Å²) in [6, 6.07) is 1.05. The molecule has 0 aliphatic rings. The predicted octanol–water partition coefficient (Wildman–Crippen LogP) is 1.37. The Kier molecular flexibility index (Phi) is 2.52. The van der Waals surface area contributed by atoms with Gasteiger partial charge in [0.05, 0.1) is 23.2 Å². The third-order valence-corrected chi connectivity index (χ3v) is 1.49. The van der Waals surface area contributed by atoms with E-state index in [1.54, 1.807) is 0 Å². The first-order valence-corrected chi connectivity index (χ1v) is 3.29. The molecule has 0 aliphatic carbocycles. The van der Waals surface area contributed by atoms with Crippen molar-refractivity contribution in [1.29, 1.82) is 0 Å². The van der Waals surface area contributed by atoms with Gasteiger partial charge in [-0.05, 0) is 0 Å². The van der Waals surface area contributed by atoms with Gasteiger partial charge < -0.3 is 5.11 Å². The van der Waals surface area contributed by atoms with E-state index in [0.29, 0.717) is 12.1 Å². The van der Waals surface area contributed by atoms with Gasteiger partial charge in [0.25, 0.3) is 5.69 Å². The number of rotatable bonds is 2. The zero-order valence-electron chi connectivity index (χ0n) is 6.33. The van der Waals surface area contributed by atoms with Gasteiger partial charge in [-0.1, -0.05) is 0 Å². The van der Waals surface area contributed by atoms with Crippen molar-refractivity contribution < 1.29 is 18.8 Å². The lowest BCUT2D eigenvalue weighted by Gasteiger charge is -2.00. The summed E-state index contributed by atoms with van der Waals surface area (Å²) in [5.74, 6) is -2.16. The number of nitro groups is 1. The van der Waals surface area contributed by atoms with E-state index < -0.39 is 34.4 Å². The maximum Gasteiger partial charge on any atom is 0.280 e. The van der Waals surface area contributed by atoms with Crippen molar-refractivity contribution in [2.24, 2.45) is 0 Å². The lowest BCUT2D eigenvalue weighted by Crippen LogP contribution is -1.99. The minimum absolute atomic E-state index is 0.485. The zero-order chi connectivity index (χ0) is 10.0. The van der Waals surface area contributed by atoms with Crippen molar-refractivity contribution in [1.82, 2.24) is 0 Å². The van der Waals surface area contributed by atoms with Crippen molar-refractivity contribution in [3.05, 3.63) is 39.4 Å². The van der Waals surface area contributed by atoms with Crippen LogP contribution in [0.15, 0.2) is 12.1 Å². The zero-order valence-corrected chi connectivity index (χ0v) is 6.33. The Morgan fingerprint density at radius 1 is 1.46 bits per heavy atom. The van der Waals surface area contributed by atoms with E-state index in [2.05, 4.69) is 0 Å². The molecule has 70 valence electrons. The quantitative estimate of drug-likeness (QED) is 0.564. The van der Waals surface area contributed by atoms with Crippen molar-refractivity contribution in [2.45, 2.75) is 6.61 Å². The van der Waals surface area contributed by atoms with Crippen LogP contribution in [0.4, 0.5) is 14.5 Å². The number of halogens is 2. The summed E-state index contributed by atoms with van der Waals surface area (Å²) < 4.78 is 25.2. The Morgan fingerprint density at radius 3 is 2.54 bits per heavy atom. The van der Waals surface area contributed by atoms with E-state index in [4.69, 9.17) is 5.11 Å². The average Bonchev–Trinajstić information content (AvgIpc) is 2.02. The molecule has 0 radical (unpaired) electrons. The molecule has 0 amide bonds. The van der Waals surface area contributed by atoms with Crippen LogP contribution in [0.2, 0.25) is 0 Å². The number of aliphatic hydroxyl groups excluding tert-OH is 1. The Bertz CT molecular complexity index is 354. The molecule has 4 nitrogen and oxygen atoms in total. The largest absolute Gasteiger partial charge is 0.391 e. The van der Waals surface area contributed by atoms with Gasteiger partial charge in [-0.2, -0.15) is 0 Å². The van der Waals surface area contributed by atoms with Crippen LogP contribution in [0.3, 0.4) is 0 Å². The van der Waals surface area contributed by atoms with Crippen LogP contribution in [-0.4, -0.2) is 10.0 Å². The summed E-state index contributed by atoms with van der Waals surface area (Å²) in [5.41, 5.74) is -1.26. The highest BCUT2D eigenvalue weighted by atomic mass is 19.1. The molecule has 0 aliphatic heterocycles. The molecule has 1 aromatic carbocycles. The molecule has 0 atom stereocenters. The lowest BCUT2D eigenvalue weighted by molar-refractivity contribution is -0.386. The van der Waals surface area contributed by atoms with E-state index >= 15 is 0 Å². The number of nitro benzene ring substituents is 1. The summed E-state index contributed by atoms with van der Waals surface area (Å²) in [4.78, 5) is 9.30. The Morgan fingerprint density at radius 2 is 2.08 bits per heavy atom. The SMILES string of the molecule is O=[N+]([O-])c1cc(F)cc(F)c1CO. The molecule has 6 heteroatoms. The number of benzene rings is 1. The van der Waals surface area contributed by atoms with E-state index in [0.717, 1.165) is 0 Å². The second-order valence-corrected chi connectivity index (χ2v) is 2.30. The molecule has 0 bridgehead atoms. The molecule has 0 saturated carbocycles. The molecule has 0 saturated heterocycles. The van der Waals surface area contributed by atoms with Crippen LogP contribution >= 0.6 is 0 Å². The maximum absolute atomic E-state index is 12.8. The van der Waals surface area contributed by atoms with Gasteiger partial charge in [-0.15, -0.1) is 0 Å². The highest BCUT2D eigenvalue weighted by Gasteiger charge is 2.19. The highest BCUT2D eigenvalue weighted by molar-refractivity contribution is 5.40. The molecule has 0 fully saturated rings. The number of nitrogens with zero attached hydrogens (tertiary/aromatic N) is 1. The fraction of sp³-hybridized carbons (Fsp3) is 0.143. The average molecular weight is 189 g/mol. The molecule has 0 aromatic heterocycles. The van der Waals surface area contributed by atoms with E-state index in [9.17, 15) is 18.9 Å². The van der Waals surface area contributed by atoms with Gasteiger partial charge in [-0.25, -0.2) is 8.78 Å². The maximum atomic E-state index is 12.8. The van der Waals surface area contributed by atoms with Crippen LogP contribution in [0.1, 0.15) is 5.56 Å². The fourth-order valence-corrected chi connectivity index (χ4v) is 0.909. The lowest BCUT2D eigenvalue weighted by atomic mass is 10.2. The summed E-state index contributed by atoms with van der Waals surface area (Å²) in [5, 5.41) is 18.8. The Balaban J connectivity index is 3.38. The minimum atomic E-state index is -1.12. The third-order valence-electron chi connectivity index (χ3n) is 1.49. The van der Waals surface area contributed by atoms with Gasteiger partial charge in [0, 0.05) is 6.07 Å². The molecule has 13 heavy (non-hydrogen) atoms. The molecule has 0 heterocycles. The van der Waals surface area contributed by atoms with Crippen molar-refractivity contribution in [3.8, 4) is 0 Å². The second-order valence-electron chi connectivity index (χ2n) is 2.30. The van der Waals surface area contributed by atoms with Crippen LogP contribution < -0.4 is 0 Å².